The Morgan fingerprint density at radius 3 is 2.38 bits per heavy atom. The molecule has 0 aromatic heterocycles. The number of halogens is 1. The van der Waals surface area contributed by atoms with Gasteiger partial charge in [-0.2, -0.15) is 0 Å². The molecule has 3 N–H and O–H groups in total. The van der Waals surface area contributed by atoms with Crippen LogP contribution in [-0.2, 0) is 19.6 Å². The lowest BCUT2D eigenvalue weighted by atomic mass is 10.1. The number of hydrogen-bond donors (Lipinski definition) is 2. The van der Waals surface area contributed by atoms with E-state index in [9.17, 15) is 18.0 Å². The second-order valence-corrected chi connectivity index (χ2v) is 8.54. The first-order chi connectivity index (χ1) is 15.2. The van der Waals surface area contributed by atoms with Crippen molar-refractivity contribution in [2.45, 2.75) is 11.0 Å². The van der Waals surface area contributed by atoms with E-state index >= 15 is 0 Å². The van der Waals surface area contributed by atoms with Gasteiger partial charge in [0.25, 0.3) is 5.91 Å². The van der Waals surface area contributed by atoms with Gasteiger partial charge in [-0.25, -0.2) is 18.4 Å². The Morgan fingerprint density at radius 1 is 1.00 bits per heavy atom. The summed E-state index contributed by atoms with van der Waals surface area (Å²) in [6, 6.07) is 18.6. The van der Waals surface area contributed by atoms with Crippen molar-refractivity contribution in [1.82, 2.24) is 0 Å². The number of carbonyl (C=O) groups excluding carboxylic acids is 2. The van der Waals surface area contributed by atoms with Crippen molar-refractivity contribution in [3.63, 3.8) is 0 Å². The molecule has 0 saturated heterocycles. The van der Waals surface area contributed by atoms with Gasteiger partial charge in [0.1, 0.15) is 10.6 Å². The number of amides is 1. The molecular formula is C22H19ClN2O6S. The molecule has 166 valence electrons. The maximum atomic E-state index is 13.0. The van der Waals surface area contributed by atoms with Gasteiger partial charge >= 0.3 is 5.97 Å². The van der Waals surface area contributed by atoms with Gasteiger partial charge in [-0.05, 0) is 30.3 Å². The van der Waals surface area contributed by atoms with Crippen LogP contribution in [0.25, 0.3) is 0 Å². The first kappa shape index (κ1) is 23.3. The highest BCUT2D eigenvalue weighted by Crippen LogP contribution is 2.26. The molecule has 3 aromatic carbocycles. The highest BCUT2D eigenvalue weighted by Gasteiger charge is 2.27. The summed E-state index contributed by atoms with van der Waals surface area (Å²) in [6.45, 7) is 0. The number of rotatable bonds is 7. The lowest BCUT2D eigenvalue weighted by Gasteiger charge is -2.18. The van der Waals surface area contributed by atoms with Crippen LogP contribution in [-0.4, -0.2) is 27.4 Å². The number of sulfonamides is 1. The van der Waals surface area contributed by atoms with Crippen molar-refractivity contribution in [2.75, 3.05) is 12.4 Å². The van der Waals surface area contributed by atoms with Gasteiger partial charge in [0.15, 0.2) is 0 Å². The summed E-state index contributed by atoms with van der Waals surface area (Å²) in [7, 11) is -2.67. The van der Waals surface area contributed by atoms with Crippen molar-refractivity contribution in [1.29, 1.82) is 0 Å². The van der Waals surface area contributed by atoms with Crippen molar-refractivity contribution in [2.24, 2.45) is 5.14 Å². The third-order valence-electron chi connectivity index (χ3n) is 4.38. The van der Waals surface area contributed by atoms with E-state index in [1.807, 2.05) is 0 Å². The molecule has 3 rings (SSSR count). The van der Waals surface area contributed by atoms with E-state index in [4.69, 9.17) is 26.2 Å². The largest absolute Gasteiger partial charge is 0.497 e. The van der Waals surface area contributed by atoms with Gasteiger partial charge in [0.05, 0.1) is 17.7 Å². The van der Waals surface area contributed by atoms with Crippen LogP contribution >= 0.6 is 11.6 Å². The van der Waals surface area contributed by atoms with Gasteiger partial charge in [-0.1, -0.05) is 48.0 Å². The second-order valence-electron chi connectivity index (χ2n) is 6.61. The molecule has 0 unspecified atom stereocenters. The topological polar surface area (TPSA) is 125 Å². The van der Waals surface area contributed by atoms with E-state index in [1.165, 1.54) is 19.2 Å². The molecular weight excluding hydrogens is 456 g/mol. The number of carbonyl (C=O) groups is 2. The molecule has 0 fully saturated rings. The first-order valence-corrected chi connectivity index (χ1v) is 11.1. The Bertz CT molecular complexity index is 1250. The van der Waals surface area contributed by atoms with E-state index in [0.717, 1.165) is 6.07 Å². The fraction of sp³-hybridized carbons (Fsp3) is 0.0909. The number of hydrogen-bond acceptors (Lipinski definition) is 6. The normalized spacial score (nSPS) is 12.0. The summed E-state index contributed by atoms with van der Waals surface area (Å²) >= 11 is 5.87. The zero-order valence-electron chi connectivity index (χ0n) is 16.8. The molecule has 0 heterocycles. The van der Waals surface area contributed by atoms with Crippen LogP contribution in [0.4, 0.5) is 5.69 Å². The van der Waals surface area contributed by atoms with Gasteiger partial charge < -0.3 is 14.8 Å². The molecule has 3 aromatic rings. The molecule has 0 aliphatic carbocycles. The molecule has 8 nitrogen and oxygen atoms in total. The maximum absolute atomic E-state index is 13.0. The van der Waals surface area contributed by atoms with E-state index < -0.39 is 32.9 Å². The fourth-order valence-electron chi connectivity index (χ4n) is 2.83. The zero-order valence-corrected chi connectivity index (χ0v) is 18.4. The monoisotopic (exact) mass is 474 g/mol. The number of primary sulfonamides is 1. The van der Waals surface area contributed by atoms with Gasteiger partial charge in [-0.15, -0.1) is 0 Å². The summed E-state index contributed by atoms with van der Waals surface area (Å²) in [5.74, 6) is -1.01. The third kappa shape index (κ3) is 5.64. The standard InChI is InChI=1S/C22H19ClN2O6S/c1-30-17-9-5-8-16(13-17)25-21(26)20(14-6-3-2-4-7-14)31-22(27)15-10-11-18(23)19(12-15)32(24,28)29/h2-13,20H,1H3,(H,25,26)(H2,24,28,29)/t20-/m1/s1. The van der Waals surface area contributed by atoms with Crippen molar-refractivity contribution >= 4 is 39.2 Å². The molecule has 32 heavy (non-hydrogen) atoms. The first-order valence-electron chi connectivity index (χ1n) is 9.22. The van der Waals surface area contributed by atoms with Gasteiger partial charge in [0.2, 0.25) is 16.1 Å². The zero-order chi connectivity index (χ0) is 23.3. The van der Waals surface area contributed by atoms with Crippen molar-refractivity contribution in [3.8, 4) is 5.75 Å². The minimum absolute atomic E-state index is 0.131. The van der Waals surface area contributed by atoms with Crippen LogP contribution < -0.4 is 15.2 Å². The Morgan fingerprint density at radius 2 is 1.72 bits per heavy atom. The van der Waals surface area contributed by atoms with Crippen LogP contribution in [0.5, 0.6) is 5.75 Å². The van der Waals surface area contributed by atoms with E-state index in [1.54, 1.807) is 54.6 Å². The number of ether oxygens (including phenoxy) is 2. The number of methoxy groups -OCH3 is 1. The number of anilines is 1. The molecule has 0 bridgehead atoms. The molecule has 1 atom stereocenters. The highest BCUT2D eigenvalue weighted by molar-refractivity contribution is 7.89. The number of nitrogens with one attached hydrogen (secondary N) is 1. The quantitative estimate of drug-likeness (QED) is 0.504. The summed E-state index contributed by atoms with van der Waals surface area (Å²) in [5, 5.41) is 7.68. The molecule has 10 heteroatoms. The minimum Gasteiger partial charge on any atom is -0.497 e. The third-order valence-corrected chi connectivity index (χ3v) is 5.77. The molecule has 0 saturated carbocycles. The van der Waals surface area contributed by atoms with Crippen LogP contribution in [0.3, 0.4) is 0 Å². The van der Waals surface area contributed by atoms with Gasteiger partial charge in [-0.3, -0.25) is 4.79 Å². The smallest absolute Gasteiger partial charge is 0.339 e. The number of nitrogens with two attached hydrogens (primary N) is 1. The molecule has 0 aliphatic heterocycles. The maximum Gasteiger partial charge on any atom is 0.339 e. The molecule has 0 aliphatic rings. The molecule has 0 spiro atoms. The predicted octanol–water partition coefficient (Wildman–Crippen LogP) is 3.53. The Labute approximate surface area is 190 Å². The van der Waals surface area contributed by atoms with Gasteiger partial charge in [0, 0.05) is 17.3 Å². The SMILES string of the molecule is COc1cccc(NC(=O)[C@H](OC(=O)c2ccc(Cl)c(S(N)(=O)=O)c2)c2ccccc2)c1. The summed E-state index contributed by atoms with van der Waals surface area (Å²) in [4.78, 5) is 25.3. The summed E-state index contributed by atoms with van der Waals surface area (Å²) in [5.41, 5.74) is 0.727. The Balaban J connectivity index is 1.90. The van der Waals surface area contributed by atoms with Crippen LogP contribution in [0.2, 0.25) is 5.02 Å². The van der Waals surface area contributed by atoms with Crippen LogP contribution in [0.1, 0.15) is 22.0 Å². The second kappa shape index (κ2) is 9.82. The molecule has 0 radical (unpaired) electrons. The fourth-order valence-corrected chi connectivity index (χ4v) is 3.90. The van der Waals surface area contributed by atoms with Crippen molar-refractivity contribution < 1.29 is 27.5 Å². The average molecular weight is 475 g/mol. The van der Waals surface area contributed by atoms with Crippen LogP contribution in [0.15, 0.2) is 77.7 Å². The van der Waals surface area contributed by atoms with E-state index in [-0.39, 0.29) is 10.6 Å². The predicted molar refractivity (Wildman–Crippen MR) is 119 cm³/mol. The number of esters is 1. The summed E-state index contributed by atoms with van der Waals surface area (Å²) < 4.78 is 34.0. The van der Waals surface area contributed by atoms with E-state index in [2.05, 4.69) is 5.32 Å². The lowest BCUT2D eigenvalue weighted by Crippen LogP contribution is -2.26. The number of benzene rings is 3. The van der Waals surface area contributed by atoms with Crippen LogP contribution in [0, 0.1) is 0 Å². The average Bonchev–Trinajstić information content (AvgIpc) is 2.77. The Kier molecular flexibility index (Phi) is 7.14. The minimum atomic E-state index is -4.16. The lowest BCUT2D eigenvalue weighted by molar-refractivity contribution is -0.125. The van der Waals surface area contributed by atoms with Crippen molar-refractivity contribution in [3.05, 3.63) is 88.9 Å². The summed E-state index contributed by atoms with van der Waals surface area (Å²) in [6.07, 6.45) is -1.32. The Hall–Kier alpha value is -3.40. The highest BCUT2D eigenvalue weighted by atomic mass is 35.5. The molecule has 1 amide bonds. The van der Waals surface area contributed by atoms with E-state index in [0.29, 0.717) is 17.0 Å².